The molecule has 0 saturated carbocycles. The summed E-state index contributed by atoms with van der Waals surface area (Å²) in [7, 11) is 0. The van der Waals surface area contributed by atoms with Crippen molar-refractivity contribution in [2.24, 2.45) is 0 Å². The SMILES string of the molecule is C=CCOCC(O)COCCC(=O)O. The van der Waals surface area contributed by atoms with E-state index in [1.165, 1.54) is 0 Å². The summed E-state index contributed by atoms with van der Waals surface area (Å²) in [5, 5.41) is 17.5. The first-order valence-corrected chi connectivity index (χ1v) is 4.33. The standard InChI is InChI=1S/C9H16O5/c1-2-4-13-6-8(10)7-14-5-3-9(11)12/h2,8,10H,1,3-7H2,(H,11,12). The molecular formula is C9H16O5. The van der Waals surface area contributed by atoms with Crippen molar-refractivity contribution in [2.75, 3.05) is 26.4 Å². The monoisotopic (exact) mass is 204 g/mol. The van der Waals surface area contributed by atoms with Gasteiger partial charge in [-0.15, -0.1) is 6.58 Å². The summed E-state index contributed by atoms with van der Waals surface area (Å²) in [6, 6.07) is 0. The average Bonchev–Trinajstić information content (AvgIpc) is 2.13. The maximum atomic E-state index is 10.1. The molecule has 5 heteroatoms. The number of carboxylic acids is 1. The maximum Gasteiger partial charge on any atom is 0.305 e. The molecule has 0 rings (SSSR count). The normalized spacial score (nSPS) is 12.4. The Bertz CT molecular complexity index is 169. The Labute approximate surface area is 82.9 Å². The zero-order valence-electron chi connectivity index (χ0n) is 8.02. The van der Waals surface area contributed by atoms with Crippen LogP contribution in [0.4, 0.5) is 0 Å². The summed E-state index contributed by atoms with van der Waals surface area (Å²) in [4.78, 5) is 10.1. The van der Waals surface area contributed by atoms with E-state index < -0.39 is 12.1 Å². The Morgan fingerprint density at radius 2 is 2.07 bits per heavy atom. The van der Waals surface area contributed by atoms with E-state index in [0.29, 0.717) is 6.61 Å². The molecule has 0 saturated heterocycles. The molecule has 0 aromatic heterocycles. The zero-order valence-corrected chi connectivity index (χ0v) is 8.02. The van der Waals surface area contributed by atoms with Gasteiger partial charge in [0.15, 0.2) is 0 Å². The third-order valence-electron chi connectivity index (χ3n) is 1.32. The predicted molar refractivity (Wildman–Crippen MR) is 50.1 cm³/mol. The van der Waals surface area contributed by atoms with E-state index in [-0.39, 0.29) is 26.2 Å². The second-order valence-electron chi connectivity index (χ2n) is 2.70. The smallest absolute Gasteiger partial charge is 0.305 e. The minimum Gasteiger partial charge on any atom is -0.481 e. The van der Waals surface area contributed by atoms with E-state index in [9.17, 15) is 9.90 Å². The average molecular weight is 204 g/mol. The summed E-state index contributed by atoms with van der Waals surface area (Å²) in [6.07, 6.45) is 0.807. The molecule has 0 aliphatic carbocycles. The van der Waals surface area contributed by atoms with Crippen LogP contribution in [-0.4, -0.2) is 48.7 Å². The molecule has 0 aliphatic heterocycles. The number of aliphatic hydroxyl groups is 1. The third kappa shape index (κ3) is 9.18. The van der Waals surface area contributed by atoms with Crippen LogP contribution in [0.25, 0.3) is 0 Å². The quantitative estimate of drug-likeness (QED) is 0.409. The first-order chi connectivity index (χ1) is 6.66. The summed E-state index contributed by atoms with van der Waals surface area (Å²) in [6.45, 7) is 4.19. The van der Waals surface area contributed by atoms with Gasteiger partial charge in [0.25, 0.3) is 0 Å². The van der Waals surface area contributed by atoms with Gasteiger partial charge in [-0.25, -0.2) is 0 Å². The molecular weight excluding hydrogens is 188 g/mol. The summed E-state index contributed by atoms with van der Waals surface area (Å²) < 4.78 is 9.86. The van der Waals surface area contributed by atoms with Gasteiger partial charge in [0.2, 0.25) is 0 Å². The lowest BCUT2D eigenvalue weighted by Crippen LogP contribution is -2.22. The highest BCUT2D eigenvalue weighted by Crippen LogP contribution is 1.90. The zero-order chi connectivity index (χ0) is 10.8. The van der Waals surface area contributed by atoms with E-state index in [1.807, 2.05) is 0 Å². The lowest BCUT2D eigenvalue weighted by Gasteiger charge is -2.10. The molecule has 0 radical (unpaired) electrons. The molecule has 0 bridgehead atoms. The van der Waals surface area contributed by atoms with E-state index in [4.69, 9.17) is 14.6 Å². The van der Waals surface area contributed by atoms with E-state index in [0.717, 1.165) is 0 Å². The lowest BCUT2D eigenvalue weighted by atomic mass is 10.4. The van der Waals surface area contributed by atoms with Gasteiger partial charge >= 0.3 is 5.97 Å². The Balaban J connectivity index is 3.21. The topological polar surface area (TPSA) is 76.0 Å². The number of carbonyl (C=O) groups is 1. The Hall–Kier alpha value is -0.910. The van der Waals surface area contributed by atoms with Crippen LogP contribution in [0.5, 0.6) is 0 Å². The predicted octanol–water partition coefficient (Wildman–Crippen LogP) is 0.0412. The number of carboxylic acid groups (broad SMARTS) is 1. The van der Waals surface area contributed by atoms with Crippen LogP contribution in [-0.2, 0) is 14.3 Å². The van der Waals surface area contributed by atoms with E-state index in [1.54, 1.807) is 6.08 Å². The maximum absolute atomic E-state index is 10.1. The van der Waals surface area contributed by atoms with Crippen molar-refractivity contribution >= 4 is 5.97 Å². The molecule has 0 amide bonds. The van der Waals surface area contributed by atoms with E-state index >= 15 is 0 Å². The van der Waals surface area contributed by atoms with Crippen LogP contribution in [0.1, 0.15) is 6.42 Å². The van der Waals surface area contributed by atoms with Crippen molar-refractivity contribution in [3.63, 3.8) is 0 Å². The third-order valence-corrected chi connectivity index (χ3v) is 1.32. The second-order valence-corrected chi connectivity index (χ2v) is 2.70. The minimum absolute atomic E-state index is 0.0553. The molecule has 0 aliphatic rings. The molecule has 1 unspecified atom stereocenters. The number of hydrogen-bond donors (Lipinski definition) is 2. The fourth-order valence-electron chi connectivity index (χ4n) is 0.714. The van der Waals surface area contributed by atoms with Crippen LogP contribution in [0, 0.1) is 0 Å². The van der Waals surface area contributed by atoms with Gasteiger partial charge in [0, 0.05) is 0 Å². The molecule has 5 nitrogen and oxygen atoms in total. The first-order valence-electron chi connectivity index (χ1n) is 4.33. The second kappa shape index (κ2) is 8.68. The summed E-state index contributed by atoms with van der Waals surface area (Å²) in [5.74, 6) is -0.914. The largest absolute Gasteiger partial charge is 0.481 e. The van der Waals surface area contributed by atoms with Crippen LogP contribution < -0.4 is 0 Å². The number of aliphatic hydroxyl groups excluding tert-OH is 1. The molecule has 0 heterocycles. The molecule has 0 aromatic rings. The Morgan fingerprint density at radius 1 is 1.43 bits per heavy atom. The number of hydrogen-bond acceptors (Lipinski definition) is 4. The molecule has 2 N–H and O–H groups in total. The fourth-order valence-corrected chi connectivity index (χ4v) is 0.714. The van der Waals surface area contributed by atoms with Crippen molar-refractivity contribution < 1.29 is 24.5 Å². The van der Waals surface area contributed by atoms with Gasteiger partial charge < -0.3 is 19.7 Å². The first kappa shape index (κ1) is 13.1. The van der Waals surface area contributed by atoms with Crippen molar-refractivity contribution in [3.8, 4) is 0 Å². The van der Waals surface area contributed by atoms with Gasteiger partial charge in [-0.05, 0) is 0 Å². The molecule has 1 atom stereocenters. The highest BCUT2D eigenvalue weighted by atomic mass is 16.5. The molecule has 0 aromatic carbocycles. The fraction of sp³-hybridized carbons (Fsp3) is 0.667. The summed E-state index contributed by atoms with van der Waals surface area (Å²) >= 11 is 0. The van der Waals surface area contributed by atoms with Crippen molar-refractivity contribution in [1.29, 1.82) is 0 Å². The van der Waals surface area contributed by atoms with Crippen molar-refractivity contribution in [2.45, 2.75) is 12.5 Å². The Morgan fingerprint density at radius 3 is 2.64 bits per heavy atom. The highest BCUT2D eigenvalue weighted by Gasteiger charge is 2.04. The van der Waals surface area contributed by atoms with Gasteiger partial charge in [0.1, 0.15) is 6.10 Å². The lowest BCUT2D eigenvalue weighted by molar-refractivity contribution is -0.138. The minimum atomic E-state index is -0.914. The van der Waals surface area contributed by atoms with Gasteiger partial charge in [-0.2, -0.15) is 0 Å². The van der Waals surface area contributed by atoms with E-state index in [2.05, 4.69) is 6.58 Å². The van der Waals surface area contributed by atoms with Gasteiger partial charge in [-0.1, -0.05) is 6.08 Å². The summed E-state index contributed by atoms with van der Waals surface area (Å²) in [5.41, 5.74) is 0. The van der Waals surface area contributed by atoms with Crippen LogP contribution in [0.2, 0.25) is 0 Å². The molecule has 0 fully saturated rings. The Kier molecular flexibility index (Phi) is 8.11. The van der Waals surface area contributed by atoms with Crippen LogP contribution in [0.3, 0.4) is 0 Å². The van der Waals surface area contributed by atoms with Crippen molar-refractivity contribution in [3.05, 3.63) is 12.7 Å². The number of rotatable bonds is 9. The van der Waals surface area contributed by atoms with Crippen LogP contribution >= 0.6 is 0 Å². The molecule has 0 spiro atoms. The van der Waals surface area contributed by atoms with Crippen LogP contribution in [0.15, 0.2) is 12.7 Å². The van der Waals surface area contributed by atoms with Gasteiger partial charge in [-0.3, -0.25) is 4.79 Å². The molecule has 14 heavy (non-hydrogen) atoms. The van der Waals surface area contributed by atoms with Crippen molar-refractivity contribution in [1.82, 2.24) is 0 Å². The highest BCUT2D eigenvalue weighted by molar-refractivity contribution is 5.66. The molecule has 82 valence electrons. The number of ether oxygens (including phenoxy) is 2. The van der Waals surface area contributed by atoms with Gasteiger partial charge in [0.05, 0.1) is 32.8 Å². The number of aliphatic carboxylic acids is 1.